The number of nitrogens with zero attached hydrogens (tertiary/aromatic N) is 1. The van der Waals surface area contributed by atoms with Crippen molar-refractivity contribution < 1.29 is 29.4 Å². The van der Waals surface area contributed by atoms with Crippen LogP contribution in [0.15, 0.2) is 30.5 Å². The topological polar surface area (TPSA) is 204 Å². The number of unbranched alkanes of at least 4 members (excludes halogenated alkanes) is 1. The molecule has 1 aliphatic heterocycles. The molecule has 12 nitrogen and oxygen atoms in total. The maximum atomic E-state index is 13.6. The van der Waals surface area contributed by atoms with Crippen LogP contribution in [0.25, 0.3) is 10.9 Å². The summed E-state index contributed by atoms with van der Waals surface area (Å²) in [7, 11) is 0. The number of aliphatic hydroxyl groups is 1. The molecule has 37 heavy (non-hydrogen) atoms. The van der Waals surface area contributed by atoms with Crippen molar-refractivity contribution in [1.82, 2.24) is 20.5 Å². The monoisotopic (exact) mass is 516 g/mol. The van der Waals surface area contributed by atoms with E-state index in [2.05, 4.69) is 15.6 Å². The van der Waals surface area contributed by atoms with E-state index in [1.165, 1.54) is 4.90 Å². The van der Waals surface area contributed by atoms with Gasteiger partial charge in [-0.15, -0.1) is 0 Å². The Balaban J connectivity index is 1.86. The molecule has 9 N–H and O–H groups in total. The number of benzene rings is 1. The van der Waals surface area contributed by atoms with Crippen LogP contribution in [-0.4, -0.2) is 87.7 Å². The predicted molar refractivity (Wildman–Crippen MR) is 136 cm³/mol. The van der Waals surface area contributed by atoms with E-state index >= 15 is 0 Å². The summed E-state index contributed by atoms with van der Waals surface area (Å²) in [6.07, 6.45) is 4.18. The van der Waals surface area contributed by atoms with Gasteiger partial charge < -0.3 is 42.2 Å². The number of likely N-dealkylation sites (tertiary alicyclic amines) is 1. The number of nitrogens with one attached hydrogen (secondary N) is 3. The van der Waals surface area contributed by atoms with Gasteiger partial charge in [0.25, 0.3) is 0 Å². The first-order valence-electron chi connectivity index (χ1n) is 12.5. The normalized spacial score (nSPS) is 17.8. The minimum absolute atomic E-state index is 0.122. The standard InChI is InChI=1S/C25H36N6O6/c26-10-4-3-8-19(29-22(33)17(27)14-32)23(34)30-20(24(35)31-11-5-9-21(31)25(36)37)12-15-13-28-18-7-2-1-6-16(15)18/h1-2,6-7,13,17,19-21,28,32H,3-5,8-12,14,26-27H2,(H,29,33)(H,30,34)(H,36,37). The number of carbonyl (C=O) groups excluding carboxylic acids is 3. The van der Waals surface area contributed by atoms with Gasteiger partial charge in [-0.3, -0.25) is 14.4 Å². The lowest BCUT2D eigenvalue weighted by Crippen LogP contribution is -2.58. The van der Waals surface area contributed by atoms with Gasteiger partial charge >= 0.3 is 5.97 Å². The van der Waals surface area contributed by atoms with Crippen molar-refractivity contribution in [3.63, 3.8) is 0 Å². The molecule has 4 atom stereocenters. The molecule has 1 aromatic carbocycles. The fourth-order valence-corrected chi connectivity index (χ4v) is 4.60. The molecule has 12 heteroatoms. The van der Waals surface area contributed by atoms with E-state index in [1.807, 2.05) is 24.3 Å². The molecular formula is C25H36N6O6. The third kappa shape index (κ3) is 7.06. The largest absolute Gasteiger partial charge is 0.480 e. The molecule has 2 aromatic rings. The van der Waals surface area contributed by atoms with Gasteiger partial charge in [0.2, 0.25) is 17.7 Å². The molecule has 0 aliphatic carbocycles. The van der Waals surface area contributed by atoms with Gasteiger partial charge in [0, 0.05) is 30.1 Å². The lowest BCUT2D eigenvalue weighted by atomic mass is 10.0. The number of carboxylic acid groups (broad SMARTS) is 1. The van der Waals surface area contributed by atoms with Crippen LogP contribution in [0.5, 0.6) is 0 Å². The van der Waals surface area contributed by atoms with Crippen LogP contribution < -0.4 is 22.1 Å². The van der Waals surface area contributed by atoms with Gasteiger partial charge in [-0.25, -0.2) is 4.79 Å². The van der Waals surface area contributed by atoms with Crippen molar-refractivity contribution in [1.29, 1.82) is 0 Å². The zero-order chi connectivity index (χ0) is 26.9. The highest BCUT2D eigenvalue weighted by Gasteiger charge is 2.38. The zero-order valence-corrected chi connectivity index (χ0v) is 20.7. The molecule has 0 spiro atoms. The number of fused-ring (bicyclic) bond motifs is 1. The van der Waals surface area contributed by atoms with Crippen LogP contribution in [0.4, 0.5) is 0 Å². The van der Waals surface area contributed by atoms with E-state index in [1.54, 1.807) is 6.20 Å². The summed E-state index contributed by atoms with van der Waals surface area (Å²) in [5.74, 6) is -2.88. The lowest BCUT2D eigenvalue weighted by Gasteiger charge is -2.29. The maximum absolute atomic E-state index is 13.6. The fraction of sp³-hybridized carbons (Fsp3) is 0.520. The summed E-state index contributed by atoms with van der Waals surface area (Å²) in [6, 6.07) is 3.29. The first-order chi connectivity index (χ1) is 17.8. The summed E-state index contributed by atoms with van der Waals surface area (Å²) in [5, 5.41) is 25.0. The van der Waals surface area contributed by atoms with Crippen LogP contribution in [-0.2, 0) is 25.6 Å². The molecule has 4 unspecified atom stereocenters. The number of carboxylic acids is 1. The maximum Gasteiger partial charge on any atom is 0.326 e. The SMILES string of the molecule is NCCCCC(NC(=O)C(N)CO)C(=O)NC(Cc1c[nH]c2ccccc12)C(=O)N1CCCC1C(=O)O. The van der Waals surface area contributed by atoms with Crippen LogP contribution in [0.3, 0.4) is 0 Å². The molecule has 2 heterocycles. The molecule has 0 radical (unpaired) electrons. The molecule has 1 aliphatic rings. The molecule has 1 aromatic heterocycles. The van der Waals surface area contributed by atoms with Crippen molar-refractivity contribution in [2.24, 2.45) is 11.5 Å². The number of nitrogens with two attached hydrogens (primary N) is 2. The minimum Gasteiger partial charge on any atom is -0.480 e. The van der Waals surface area contributed by atoms with Crippen molar-refractivity contribution in [2.45, 2.75) is 62.7 Å². The quantitative estimate of drug-likeness (QED) is 0.168. The van der Waals surface area contributed by atoms with Crippen molar-refractivity contribution >= 4 is 34.6 Å². The third-order valence-corrected chi connectivity index (χ3v) is 6.65. The van der Waals surface area contributed by atoms with Gasteiger partial charge in [-0.1, -0.05) is 18.2 Å². The highest BCUT2D eigenvalue weighted by atomic mass is 16.4. The summed E-state index contributed by atoms with van der Waals surface area (Å²) < 4.78 is 0. The van der Waals surface area contributed by atoms with E-state index in [-0.39, 0.29) is 19.4 Å². The molecule has 202 valence electrons. The Morgan fingerprint density at radius 3 is 2.54 bits per heavy atom. The van der Waals surface area contributed by atoms with Gasteiger partial charge in [0.05, 0.1) is 6.61 Å². The Morgan fingerprint density at radius 1 is 1.11 bits per heavy atom. The number of amides is 3. The average Bonchev–Trinajstić information content (AvgIpc) is 3.54. The number of aromatic amines is 1. The number of carbonyl (C=O) groups is 4. The van der Waals surface area contributed by atoms with E-state index in [0.29, 0.717) is 32.2 Å². The van der Waals surface area contributed by atoms with Crippen LogP contribution in [0.2, 0.25) is 0 Å². The molecule has 1 saturated heterocycles. The van der Waals surface area contributed by atoms with Crippen LogP contribution in [0.1, 0.15) is 37.7 Å². The van der Waals surface area contributed by atoms with E-state index in [0.717, 1.165) is 16.5 Å². The Bertz CT molecular complexity index is 1100. The summed E-state index contributed by atoms with van der Waals surface area (Å²) in [4.78, 5) is 55.5. The minimum atomic E-state index is -1.20. The molecular weight excluding hydrogens is 480 g/mol. The van der Waals surface area contributed by atoms with E-state index in [9.17, 15) is 29.4 Å². The van der Waals surface area contributed by atoms with Gasteiger partial charge in [-0.2, -0.15) is 0 Å². The van der Waals surface area contributed by atoms with Gasteiger partial charge in [0.1, 0.15) is 24.2 Å². The highest BCUT2D eigenvalue weighted by molar-refractivity contribution is 5.95. The molecule has 1 fully saturated rings. The average molecular weight is 517 g/mol. The number of para-hydroxylation sites is 1. The Labute approximate surface area is 214 Å². The lowest BCUT2D eigenvalue weighted by molar-refractivity contribution is -0.149. The third-order valence-electron chi connectivity index (χ3n) is 6.65. The summed E-state index contributed by atoms with van der Waals surface area (Å²) in [6.45, 7) is 0.0971. The predicted octanol–water partition coefficient (Wildman–Crippen LogP) is -0.796. The van der Waals surface area contributed by atoms with Crippen molar-refractivity contribution in [3.8, 4) is 0 Å². The van der Waals surface area contributed by atoms with Crippen LogP contribution >= 0.6 is 0 Å². The molecule has 0 saturated carbocycles. The number of hydrogen-bond donors (Lipinski definition) is 7. The second-order valence-electron chi connectivity index (χ2n) is 9.29. The number of hydrogen-bond acceptors (Lipinski definition) is 7. The molecule has 3 rings (SSSR count). The second-order valence-corrected chi connectivity index (χ2v) is 9.29. The first-order valence-corrected chi connectivity index (χ1v) is 12.5. The number of rotatable bonds is 13. The summed E-state index contributed by atoms with van der Waals surface area (Å²) in [5.41, 5.74) is 12.8. The summed E-state index contributed by atoms with van der Waals surface area (Å²) >= 11 is 0. The van der Waals surface area contributed by atoms with Gasteiger partial charge in [-0.05, 0) is 50.3 Å². The zero-order valence-electron chi connectivity index (χ0n) is 20.7. The number of aromatic nitrogens is 1. The Hall–Kier alpha value is -3.48. The number of H-pyrrole nitrogens is 1. The first kappa shape index (κ1) is 28.1. The second kappa shape index (κ2) is 13.2. The number of aliphatic carboxylic acids is 1. The Morgan fingerprint density at radius 2 is 1.84 bits per heavy atom. The van der Waals surface area contributed by atoms with E-state index < -0.39 is 54.5 Å². The van der Waals surface area contributed by atoms with Crippen LogP contribution in [0, 0.1) is 0 Å². The van der Waals surface area contributed by atoms with Crippen molar-refractivity contribution in [2.75, 3.05) is 19.7 Å². The number of aliphatic hydroxyl groups excluding tert-OH is 1. The van der Waals surface area contributed by atoms with E-state index in [4.69, 9.17) is 11.5 Å². The smallest absolute Gasteiger partial charge is 0.326 e. The van der Waals surface area contributed by atoms with Crippen molar-refractivity contribution in [3.05, 3.63) is 36.0 Å². The highest BCUT2D eigenvalue weighted by Crippen LogP contribution is 2.23. The molecule has 3 amide bonds. The fourth-order valence-electron chi connectivity index (χ4n) is 4.60. The Kier molecular flexibility index (Phi) is 10.0. The molecule has 0 bridgehead atoms. The van der Waals surface area contributed by atoms with Gasteiger partial charge in [0.15, 0.2) is 0 Å².